The van der Waals surface area contributed by atoms with Gasteiger partial charge in [0.2, 0.25) is 0 Å². The Bertz CT molecular complexity index is 573. The Hall–Kier alpha value is -1.48. The number of hydrogen-bond acceptors (Lipinski definition) is 3. The Labute approximate surface area is 104 Å². The number of aryl methyl sites for hydroxylation is 1. The van der Waals surface area contributed by atoms with E-state index >= 15 is 0 Å². The molecule has 2 nitrogen and oxygen atoms in total. The van der Waals surface area contributed by atoms with E-state index in [1.165, 1.54) is 11.1 Å². The molecule has 0 saturated carbocycles. The van der Waals surface area contributed by atoms with Crippen LogP contribution >= 0.6 is 11.3 Å². The highest BCUT2D eigenvalue weighted by Crippen LogP contribution is 2.38. The molecule has 0 amide bonds. The van der Waals surface area contributed by atoms with E-state index in [1.54, 1.807) is 18.3 Å². The summed E-state index contributed by atoms with van der Waals surface area (Å²) in [5.41, 5.74) is 3.42. The van der Waals surface area contributed by atoms with Crippen molar-refractivity contribution in [1.82, 2.24) is 4.98 Å². The van der Waals surface area contributed by atoms with Crippen molar-refractivity contribution >= 4 is 17.1 Å². The quantitative estimate of drug-likeness (QED) is 0.756. The van der Waals surface area contributed by atoms with Crippen molar-refractivity contribution in [1.29, 1.82) is 0 Å². The van der Waals surface area contributed by atoms with Crippen molar-refractivity contribution in [3.63, 3.8) is 0 Å². The Morgan fingerprint density at radius 2 is 2.24 bits per heavy atom. The lowest BCUT2D eigenvalue weighted by molar-refractivity contribution is 0.101. The fourth-order valence-electron chi connectivity index (χ4n) is 2.42. The van der Waals surface area contributed by atoms with Gasteiger partial charge in [0.15, 0.2) is 5.78 Å². The number of benzene rings is 1. The van der Waals surface area contributed by atoms with Gasteiger partial charge >= 0.3 is 0 Å². The second-order valence-electron chi connectivity index (χ2n) is 4.42. The number of carbonyl (C=O) groups is 1. The number of Topliss-reactive ketones (excluding diaryl/α,β-unsaturated/α-hetero) is 1. The lowest BCUT2D eigenvalue weighted by atomic mass is 10.0. The van der Waals surface area contributed by atoms with E-state index in [2.05, 4.69) is 29.2 Å². The van der Waals surface area contributed by atoms with Crippen LogP contribution in [0.15, 0.2) is 29.6 Å². The molecule has 0 N–H and O–H groups in total. The van der Waals surface area contributed by atoms with Gasteiger partial charge in [0.25, 0.3) is 0 Å². The summed E-state index contributed by atoms with van der Waals surface area (Å²) in [6.45, 7) is 1.57. The van der Waals surface area contributed by atoms with Crippen molar-refractivity contribution in [3.8, 4) is 0 Å². The first kappa shape index (κ1) is 10.7. The van der Waals surface area contributed by atoms with E-state index in [1.807, 2.05) is 5.38 Å². The second-order valence-corrected chi connectivity index (χ2v) is 5.31. The van der Waals surface area contributed by atoms with E-state index in [4.69, 9.17) is 0 Å². The zero-order valence-corrected chi connectivity index (χ0v) is 10.5. The summed E-state index contributed by atoms with van der Waals surface area (Å²) >= 11 is 1.61. The minimum atomic E-state index is 0.0544. The van der Waals surface area contributed by atoms with Gasteiger partial charge in [-0.05, 0) is 24.0 Å². The lowest BCUT2D eigenvalue weighted by Crippen LogP contribution is -1.98. The molecular formula is C14H13NOS. The molecule has 0 saturated heterocycles. The summed E-state index contributed by atoms with van der Waals surface area (Å²) in [7, 11) is 0. The Balaban J connectivity index is 1.98. The van der Waals surface area contributed by atoms with Crippen LogP contribution in [-0.2, 0) is 6.42 Å². The Morgan fingerprint density at radius 1 is 1.41 bits per heavy atom. The molecule has 0 bridgehead atoms. The topological polar surface area (TPSA) is 30.0 Å². The highest BCUT2D eigenvalue weighted by Gasteiger charge is 2.26. The first-order valence-electron chi connectivity index (χ1n) is 5.80. The minimum absolute atomic E-state index is 0.0544. The van der Waals surface area contributed by atoms with Gasteiger partial charge in [-0.2, -0.15) is 0 Å². The lowest BCUT2D eigenvalue weighted by Gasteiger charge is -2.07. The van der Waals surface area contributed by atoms with E-state index in [9.17, 15) is 4.79 Å². The predicted molar refractivity (Wildman–Crippen MR) is 68.7 cm³/mol. The van der Waals surface area contributed by atoms with Crippen LogP contribution in [0.4, 0.5) is 0 Å². The number of nitrogens with zero attached hydrogens (tertiary/aromatic N) is 1. The van der Waals surface area contributed by atoms with Crippen molar-refractivity contribution in [3.05, 3.63) is 51.5 Å². The van der Waals surface area contributed by atoms with Crippen molar-refractivity contribution in [2.75, 3.05) is 0 Å². The van der Waals surface area contributed by atoms with Gasteiger partial charge in [-0.3, -0.25) is 4.79 Å². The molecule has 3 heteroatoms. The first-order valence-corrected chi connectivity index (χ1v) is 6.68. The van der Waals surface area contributed by atoms with Crippen LogP contribution in [0, 0.1) is 0 Å². The summed E-state index contributed by atoms with van der Waals surface area (Å²) in [5, 5.41) is 2.96. The van der Waals surface area contributed by atoms with E-state index in [0.717, 1.165) is 17.8 Å². The zero-order chi connectivity index (χ0) is 11.8. The molecule has 17 heavy (non-hydrogen) atoms. The molecule has 1 atom stereocenters. The molecule has 0 fully saturated rings. The van der Waals surface area contributed by atoms with Gasteiger partial charge in [-0.15, -0.1) is 11.3 Å². The third-order valence-electron chi connectivity index (χ3n) is 3.31. The molecule has 1 aliphatic rings. The summed E-state index contributed by atoms with van der Waals surface area (Å²) in [6, 6.07) is 8.54. The van der Waals surface area contributed by atoms with Gasteiger partial charge < -0.3 is 0 Å². The molecule has 1 heterocycles. The largest absolute Gasteiger partial charge is 0.293 e. The van der Waals surface area contributed by atoms with Gasteiger partial charge in [0.05, 0.1) is 0 Å². The number of carbonyl (C=O) groups excluding carboxylic acids is 1. The highest BCUT2D eigenvalue weighted by atomic mass is 32.1. The molecule has 3 rings (SSSR count). The summed E-state index contributed by atoms with van der Waals surface area (Å²) in [5.74, 6) is 0.447. The maximum Gasteiger partial charge on any atom is 0.178 e. The maximum atomic E-state index is 11.3. The fourth-order valence-corrected chi connectivity index (χ4v) is 3.43. The van der Waals surface area contributed by atoms with Gasteiger partial charge in [0.1, 0.15) is 10.7 Å². The van der Waals surface area contributed by atoms with E-state index in [-0.39, 0.29) is 5.78 Å². The molecule has 0 aliphatic heterocycles. The third kappa shape index (κ3) is 1.80. The van der Waals surface area contributed by atoms with Gasteiger partial charge in [0, 0.05) is 18.2 Å². The van der Waals surface area contributed by atoms with E-state index < -0.39 is 0 Å². The van der Waals surface area contributed by atoms with Crippen LogP contribution in [0.5, 0.6) is 0 Å². The monoisotopic (exact) mass is 243 g/mol. The zero-order valence-electron chi connectivity index (χ0n) is 9.64. The molecule has 0 spiro atoms. The maximum absolute atomic E-state index is 11.3. The average molecular weight is 243 g/mol. The van der Waals surface area contributed by atoms with Gasteiger partial charge in [-0.25, -0.2) is 4.98 Å². The highest BCUT2D eigenvalue weighted by molar-refractivity contribution is 7.10. The number of rotatable bonds is 2. The number of aromatic nitrogens is 1. The number of ketones is 1. The smallest absolute Gasteiger partial charge is 0.178 e. The van der Waals surface area contributed by atoms with Crippen LogP contribution in [0.3, 0.4) is 0 Å². The Morgan fingerprint density at radius 3 is 3.00 bits per heavy atom. The predicted octanol–water partition coefficient (Wildman–Crippen LogP) is 3.42. The molecule has 1 aliphatic carbocycles. The van der Waals surface area contributed by atoms with Crippen LogP contribution < -0.4 is 0 Å². The molecule has 0 radical (unpaired) electrons. The van der Waals surface area contributed by atoms with Crippen molar-refractivity contribution < 1.29 is 4.79 Å². The molecule has 1 aromatic carbocycles. The number of fused-ring (bicyclic) bond motifs is 1. The standard InChI is InChI=1S/C14H13NOS/c1-9(16)13-8-17-14(15-13)12-7-6-10-4-2-3-5-11(10)12/h2-5,8,12H,6-7H2,1H3. The first-order chi connectivity index (χ1) is 8.25. The van der Waals surface area contributed by atoms with Crippen LogP contribution in [0.25, 0.3) is 0 Å². The normalized spacial score (nSPS) is 18.1. The van der Waals surface area contributed by atoms with Crippen molar-refractivity contribution in [2.45, 2.75) is 25.7 Å². The minimum Gasteiger partial charge on any atom is -0.293 e. The van der Waals surface area contributed by atoms with E-state index in [0.29, 0.717) is 11.6 Å². The molecule has 1 unspecified atom stereocenters. The van der Waals surface area contributed by atoms with Crippen LogP contribution in [0.1, 0.15) is 45.9 Å². The van der Waals surface area contributed by atoms with Crippen LogP contribution in [0.2, 0.25) is 0 Å². The van der Waals surface area contributed by atoms with Crippen LogP contribution in [-0.4, -0.2) is 10.8 Å². The summed E-state index contributed by atoms with van der Waals surface area (Å²) in [6.07, 6.45) is 2.24. The molecule has 86 valence electrons. The summed E-state index contributed by atoms with van der Waals surface area (Å²) in [4.78, 5) is 15.7. The second kappa shape index (κ2) is 4.08. The number of thiazole rings is 1. The number of hydrogen-bond donors (Lipinski definition) is 0. The Kier molecular flexibility index (Phi) is 2.56. The molecular weight excluding hydrogens is 230 g/mol. The molecule has 2 aromatic rings. The fraction of sp³-hybridized carbons (Fsp3) is 0.286. The van der Waals surface area contributed by atoms with Crippen molar-refractivity contribution in [2.24, 2.45) is 0 Å². The molecule has 1 aromatic heterocycles. The third-order valence-corrected chi connectivity index (χ3v) is 4.27. The SMILES string of the molecule is CC(=O)c1csc(C2CCc3ccccc32)n1. The average Bonchev–Trinajstić information content (AvgIpc) is 2.95. The summed E-state index contributed by atoms with van der Waals surface area (Å²) < 4.78 is 0. The van der Waals surface area contributed by atoms with Gasteiger partial charge in [-0.1, -0.05) is 24.3 Å².